The van der Waals surface area contributed by atoms with Gasteiger partial charge in [-0.15, -0.1) is 0 Å². The number of carboxylic acids is 1. The number of carbonyl (C=O) groups is 2. The van der Waals surface area contributed by atoms with Crippen LogP contribution < -0.4 is 15.4 Å². The van der Waals surface area contributed by atoms with E-state index in [0.29, 0.717) is 17.0 Å². The first kappa shape index (κ1) is 13.0. The molecule has 0 spiro atoms. The standard InChI is InChI=1S/C12H10N2O4S/c15-10(16)6-18-8-3-1-2-7(4-8)5-9-11(17)14-12(19)13-9/h1-5H,6H2,(H,15,16)(H2,13,14,17,19)/b9-5+. The van der Waals surface area contributed by atoms with E-state index in [0.717, 1.165) is 0 Å². The third kappa shape index (κ3) is 3.52. The van der Waals surface area contributed by atoms with Crippen molar-refractivity contribution >= 4 is 35.3 Å². The first-order valence-corrected chi connectivity index (χ1v) is 5.74. The summed E-state index contributed by atoms with van der Waals surface area (Å²) in [5, 5.41) is 13.9. The molecule has 2 rings (SSSR count). The molecule has 1 aliphatic rings. The minimum Gasteiger partial charge on any atom is -0.482 e. The Morgan fingerprint density at radius 3 is 2.84 bits per heavy atom. The lowest BCUT2D eigenvalue weighted by Gasteiger charge is -2.04. The van der Waals surface area contributed by atoms with Crippen molar-refractivity contribution in [1.82, 2.24) is 10.6 Å². The summed E-state index contributed by atoms with van der Waals surface area (Å²) >= 11 is 4.81. The van der Waals surface area contributed by atoms with E-state index in [1.165, 1.54) is 0 Å². The highest BCUT2D eigenvalue weighted by Gasteiger charge is 2.19. The van der Waals surface area contributed by atoms with Gasteiger partial charge in [0.15, 0.2) is 11.7 Å². The Morgan fingerprint density at radius 2 is 2.21 bits per heavy atom. The Balaban J connectivity index is 2.15. The van der Waals surface area contributed by atoms with Crippen LogP contribution in [0.3, 0.4) is 0 Å². The van der Waals surface area contributed by atoms with Crippen LogP contribution in [0.4, 0.5) is 0 Å². The number of aliphatic carboxylic acids is 1. The predicted octanol–water partition coefficient (Wildman–Crippen LogP) is 0.495. The summed E-state index contributed by atoms with van der Waals surface area (Å²) in [5.41, 5.74) is 1.03. The lowest BCUT2D eigenvalue weighted by molar-refractivity contribution is -0.139. The van der Waals surface area contributed by atoms with Gasteiger partial charge in [-0.2, -0.15) is 0 Å². The fourth-order valence-electron chi connectivity index (χ4n) is 1.49. The molecule has 0 unspecified atom stereocenters. The molecule has 1 fully saturated rings. The summed E-state index contributed by atoms with van der Waals surface area (Å²) in [6.45, 7) is -0.414. The molecule has 3 N–H and O–H groups in total. The number of thiocarbonyl (C=S) groups is 1. The summed E-state index contributed by atoms with van der Waals surface area (Å²) in [4.78, 5) is 21.9. The third-order valence-electron chi connectivity index (χ3n) is 2.25. The zero-order valence-corrected chi connectivity index (χ0v) is 10.5. The van der Waals surface area contributed by atoms with E-state index in [4.69, 9.17) is 22.1 Å². The second kappa shape index (κ2) is 5.49. The molecule has 1 saturated heterocycles. The number of carboxylic acid groups (broad SMARTS) is 1. The van der Waals surface area contributed by atoms with Gasteiger partial charge < -0.3 is 15.2 Å². The average molecular weight is 278 g/mol. The second-order valence-corrected chi connectivity index (χ2v) is 4.13. The number of carbonyl (C=O) groups excluding carboxylic acids is 1. The Bertz CT molecular complexity index is 583. The Morgan fingerprint density at radius 1 is 1.42 bits per heavy atom. The monoisotopic (exact) mass is 278 g/mol. The first-order valence-electron chi connectivity index (χ1n) is 5.33. The fraction of sp³-hybridized carbons (Fsp3) is 0.0833. The van der Waals surface area contributed by atoms with E-state index in [-0.39, 0.29) is 11.0 Å². The third-order valence-corrected chi connectivity index (χ3v) is 2.46. The number of ether oxygens (including phenoxy) is 1. The van der Waals surface area contributed by atoms with Crippen LogP contribution in [0.15, 0.2) is 30.0 Å². The summed E-state index contributed by atoms with van der Waals surface area (Å²) in [7, 11) is 0. The highest BCUT2D eigenvalue weighted by atomic mass is 32.1. The lowest BCUT2D eigenvalue weighted by atomic mass is 10.2. The predicted molar refractivity (Wildman–Crippen MR) is 71.4 cm³/mol. The number of hydrogen-bond donors (Lipinski definition) is 3. The van der Waals surface area contributed by atoms with Gasteiger partial charge in [0, 0.05) is 0 Å². The SMILES string of the molecule is O=C(O)COc1cccc(/C=C2/NC(=S)NC2=O)c1. The topological polar surface area (TPSA) is 87.7 Å². The van der Waals surface area contributed by atoms with Crippen LogP contribution in [-0.4, -0.2) is 28.7 Å². The number of amides is 1. The highest BCUT2D eigenvalue weighted by Crippen LogP contribution is 2.16. The lowest BCUT2D eigenvalue weighted by Crippen LogP contribution is -2.21. The van der Waals surface area contributed by atoms with Gasteiger partial charge in [-0.1, -0.05) is 12.1 Å². The quantitative estimate of drug-likeness (QED) is 0.549. The molecule has 98 valence electrons. The van der Waals surface area contributed by atoms with Gasteiger partial charge >= 0.3 is 5.97 Å². The average Bonchev–Trinajstić information content (AvgIpc) is 2.66. The molecule has 0 bridgehead atoms. The van der Waals surface area contributed by atoms with Crippen molar-refractivity contribution in [2.45, 2.75) is 0 Å². The summed E-state index contributed by atoms with van der Waals surface area (Å²) < 4.78 is 5.04. The molecule has 0 aromatic heterocycles. The molecule has 7 heteroatoms. The van der Waals surface area contributed by atoms with Crippen molar-refractivity contribution in [3.05, 3.63) is 35.5 Å². The molecule has 1 aromatic carbocycles. The summed E-state index contributed by atoms with van der Waals surface area (Å²) in [6.07, 6.45) is 1.60. The summed E-state index contributed by atoms with van der Waals surface area (Å²) in [6, 6.07) is 6.73. The fourth-order valence-corrected chi connectivity index (χ4v) is 1.69. The molecule has 1 amide bonds. The maximum atomic E-state index is 11.5. The van der Waals surface area contributed by atoms with Crippen LogP contribution in [-0.2, 0) is 9.59 Å². The molecule has 1 heterocycles. The number of hydrogen-bond acceptors (Lipinski definition) is 4. The normalized spacial score (nSPS) is 16.1. The molecule has 0 radical (unpaired) electrons. The molecular weight excluding hydrogens is 268 g/mol. The van der Waals surface area contributed by atoms with Crippen LogP contribution in [0.25, 0.3) is 6.08 Å². The van der Waals surface area contributed by atoms with Crippen molar-refractivity contribution in [1.29, 1.82) is 0 Å². The molecule has 6 nitrogen and oxygen atoms in total. The smallest absolute Gasteiger partial charge is 0.341 e. The van der Waals surface area contributed by atoms with Crippen molar-refractivity contribution in [3.8, 4) is 5.75 Å². The molecule has 0 aliphatic carbocycles. The van der Waals surface area contributed by atoms with Crippen molar-refractivity contribution in [2.24, 2.45) is 0 Å². The van der Waals surface area contributed by atoms with Crippen molar-refractivity contribution in [2.75, 3.05) is 6.61 Å². The van der Waals surface area contributed by atoms with Crippen molar-refractivity contribution in [3.63, 3.8) is 0 Å². The molecule has 1 aromatic rings. The molecule has 1 aliphatic heterocycles. The van der Waals surface area contributed by atoms with Gasteiger partial charge in [-0.25, -0.2) is 4.79 Å². The summed E-state index contributed by atoms with van der Waals surface area (Å²) in [5.74, 6) is -0.939. The van der Waals surface area contributed by atoms with Gasteiger partial charge in [-0.3, -0.25) is 10.1 Å². The maximum absolute atomic E-state index is 11.5. The highest BCUT2D eigenvalue weighted by molar-refractivity contribution is 7.80. The molecule has 0 saturated carbocycles. The van der Waals surface area contributed by atoms with Gasteiger partial charge in [0.1, 0.15) is 11.4 Å². The Labute approximate surface area is 114 Å². The van der Waals surface area contributed by atoms with Crippen LogP contribution in [0.2, 0.25) is 0 Å². The number of nitrogens with one attached hydrogen (secondary N) is 2. The van der Waals surface area contributed by atoms with Gasteiger partial charge in [0.25, 0.3) is 5.91 Å². The van der Waals surface area contributed by atoms with Crippen LogP contribution >= 0.6 is 12.2 Å². The van der Waals surface area contributed by atoms with E-state index in [1.807, 2.05) is 0 Å². The minimum atomic E-state index is -1.05. The van der Waals surface area contributed by atoms with Crippen LogP contribution in [0.1, 0.15) is 5.56 Å². The maximum Gasteiger partial charge on any atom is 0.341 e. The molecule has 19 heavy (non-hydrogen) atoms. The van der Waals surface area contributed by atoms with E-state index in [2.05, 4.69) is 10.6 Å². The largest absolute Gasteiger partial charge is 0.482 e. The minimum absolute atomic E-state index is 0.259. The Kier molecular flexibility index (Phi) is 3.76. The zero-order chi connectivity index (χ0) is 13.8. The van der Waals surface area contributed by atoms with E-state index in [9.17, 15) is 9.59 Å². The van der Waals surface area contributed by atoms with E-state index in [1.54, 1.807) is 30.3 Å². The van der Waals surface area contributed by atoms with Gasteiger partial charge in [0.2, 0.25) is 0 Å². The second-order valence-electron chi connectivity index (χ2n) is 3.72. The van der Waals surface area contributed by atoms with Crippen LogP contribution in [0.5, 0.6) is 5.75 Å². The number of benzene rings is 1. The molecule has 0 atom stereocenters. The van der Waals surface area contributed by atoms with Crippen molar-refractivity contribution < 1.29 is 19.4 Å². The van der Waals surface area contributed by atoms with Crippen LogP contribution in [0, 0.1) is 0 Å². The van der Waals surface area contributed by atoms with Gasteiger partial charge in [0.05, 0.1) is 0 Å². The van der Waals surface area contributed by atoms with E-state index >= 15 is 0 Å². The van der Waals surface area contributed by atoms with Gasteiger partial charge in [-0.05, 0) is 36.0 Å². The van der Waals surface area contributed by atoms with E-state index < -0.39 is 12.6 Å². The zero-order valence-electron chi connectivity index (χ0n) is 9.67. The molecular formula is C12H10N2O4S. The first-order chi connectivity index (χ1) is 9.04. The number of rotatable bonds is 4. The Hall–Kier alpha value is -2.41.